The Morgan fingerprint density at radius 2 is 1.85 bits per heavy atom. The van der Waals surface area contributed by atoms with E-state index in [0.717, 1.165) is 16.9 Å². The molecule has 3 aromatic rings. The molecular weight excluding hydrogens is 404 g/mol. The van der Waals surface area contributed by atoms with E-state index in [9.17, 15) is 13.2 Å². The summed E-state index contributed by atoms with van der Waals surface area (Å²) in [5.74, 6) is -0.497. The number of hydrogen-bond donors (Lipinski definition) is 1. The van der Waals surface area contributed by atoms with Crippen LogP contribution in [0, 0.1) is 6.92 Å². The van der Waals surface area contributed by atoms with Crippen LogP contribution in [0.2, 0.25) is 5.02 Å². The number of thiophene rings is 1. The molecule has 0 fully saturated rings. The number of carbonyl (C=O) groups excluding carboxylic acids is 1. The molecule has 8 heteroatoms. The molecule has 1 aromatic heterocycles. The highest BCUT2D eigenvalue weighted by atomic mass is 35.5. The molecule has 0 radical (unpaired) electrons. The van der Waals surface area contributed by atoms with Crippen LogP contribution in [0.3, 0.4) is 0 Å². The Labute approximate surface area is 167 Å². The van der Waals surface area contributed by atoms with Gasteiger partial charge in [0.25, 0.3) is 15.9 Å². The molecule has 5 nitrogen and oxygen atoms in total. The normalized spacial score (nSPS) is 11.2. The molecule has 1 N–H and O–H groups in total. The number of hydrogen-bond acceptors (Lipinski definition) is 4. The molecular formula is C19H17ClN2O3S2. The van der Waals surface area contributed by atoms with Crippen LogP contribution >= 0.6 is 22.9 Å². The minimum atomic E-state index is -3.88. The highest BCUT2D eigenvalue weighted by Gasteiger charge is 2.28. The van der Waals surface area contributed by atoms with Crippen molar-refractivity contribution in [2.75, 3.05) is 16.7 Å². The minimum absolute atomic E-state index is 0.0314. The Kier molecular flexibility index (Phi) is 5.55. The van der Waals surface area contributed by atoms with Gasteiger partial charge in [0.2, 0.25) is 0 Å². The molecule has 27 heavy (non-hydrogen) atoms. The number of sulfonamides is 1. The predicted molar refractivity (Wildman–Crippen MR) is 110 cm³/mol. The molecule has 0 saturated heterocycles. The second-order valence-electron chi connectivity index (χ2n) is 5.89. The first-order valence-corrected chi connectivity index (χ1v) is 10.7. The number of benzene rings is 2. The van der Waals surface area contributed by atoms with Gasteiger partial charge in [-0.25, -0.2) is 8.42 Å². The Morgan fingerprint density at radius 3 is 2.56 bits per heavy atom. The standard InChI is InChI=1S/C19H17ClN2O3S2/c1-13-5-3-8-16(11-13)22(2)27(24,25)17-9-10-26-18(17)19(23)21-15-7-4-6-14(20)12-15/h3-12H,1-2H3,(H,21,23). The zero-order chi connectivity index (χ0) is 19.6. The van der Waals surface area contributed by atoms with E-state index in [1.54, 1.807) is 47.8 Å². The third-order valence-corrected chi connectivity index (χ3v) is 7.03. The maximum atomic E-state index is 13.1. The van der Waals surface area contributed by atoms with Crippen molar-refractivity contribution in [2.24, 2.45) is 0 Å². The maximum absolute atomic E-state index is 13.1. The van der Waals surface area contributed by atoms with Gasteiger partial charge in [-0.15, -0.1) is 11.3 Å². The lowest BCUT2D eigenvalue weighted by Gasteiger charge is -2.20. The van der Waals surface area contributed by atoms with E-state index in [1.165, 1.54) is 17.4 Å². The third kappa shape index (κ3) is 4.16. The maximum Gasteiger partial charge on any atom is 0.267 e. The fourth-order valence-corrected chi connectivity index (χ4v) is 5.20. The van der Waals surface area contributed by atoms with Crippen LogP contribution in [-0.2, 0) is 10.0 Å². The number of nitrogens with zero attached hydrogens (tertiary/aromatic N) is 1. The summed E-state index contributed by atoms with van der Waals surface area (Å²) < 4.78 is 27.3. The van der Waals surface area contributed by atoms with Crippen LogP contribution in [-0.4, -0.2) is 21.4 Å². The Hall–Kier alpha value is -2.35. The molecule has 0 aliphatic heterocycles. The van der Waals surface area contributed by atoms with E-state index < -0.39 is 15.9 Å². The molecule has 0 saturated carbocycles. The Morgan fingerprint density at radius 1 is 1.11 bits per heavy atom. The summed E-state index contributed by atoms with van der Waals surface area (Å²) in [6.07, 6.45) is 0. The number of rotatable bonds is 5. The first-order chi connectivity index (χ1) is 12.8. The fourth-order valence-electron chi connectivity index (χ4n) is 2.53. The van der Waals surface area contributed by atoms with Crippen molar-refractivity contribution in [1.29, 1.82) is 0 Å². The van der Waals surface area contributed by atoms with Crippen LogP contribution in [0.1, 0.15) is 15.2 Å². The van der Waals surface area contributed by atoms with Crippen LogP contribution in [0.4, 0.5) is 11.4 Å². The van der Waals surface area contributed by atoms with Crippen molar-refractivity contribution in [3.63, 3.8) is 0 Å². The van der Waals surface area contributed by atoms with Gasteiger partial charge in [-0.2, -0.15) is 0 Å². The van der Waals surface area contributed by atoms with Crippen LogP contribution < -0.4 is 9.62 Å². The number of aryl methyl sites for hydroxylation is 1. The zero-order valence-electron chi connectivity index (χ0n) is 14.6. The number of halogens is 1. The summed E-state index contributed by atoms with van der Waals surface area (Å²) >= 11 is 7.00. The third-order valence-electron chi connectivity index (χ3n) is 3.92. The van der Waals surface area contributed by atoms with E-state index in [4.69, 9.17) is 11.6 Å². The molecule has 140 valence electrons. The highest BCUT2D eigenvalue weighted by Crippen LogP contribution is 2.29. The summed E-state index contributed by atoms with van der Waals surface area (Å²) in [6, 6.07) is 15.3. The Bertz CT molecular complexity index is 1090. The topological polar surface area (TPSA) is 66.5 Å². The van der Waals surface area contributed by atoms with Gasteiger partial charge in [0.05, 0.1) is 5.69 Å². The lowest BCUT2D eigenvalue weighted by molar-refractivity contribution is 0.102. The summed E-state index contributed by atoms with van der Waals surface area (Å²) in [4.78, 5) is 12.7. The van der Waals surface area contributed by atoms with Crippen LogP contribution in [0.25, 0.3) is 0 Å². The minimum Gasteiger partial charge on any atom is -0.321 e. The van der Waals surface area contributed by atoms with Gasteiger partial charge in [-0.05, 0) is 54.3 Å². The van der Waals surface area contributed by atoms with Gasteiger partial charge >= 0.3 is 0 Å². The summed E-state index contributed by atoms with van der Waals surface area (Å²) in [5.41, 5.74) is 1.97. The van der Waals surface area contributed by atoms with Crippen molar-refractivity contribution < 1.29 is 13.2 Å². The second-order valence-corrected chi connectivity index (χ2v) is 9.18. The van der Waals surface area contributed by atoms with Crippen molar-refractivity contribution in [1.82, 2.24) is 0 Å². The number of carbonyl (C=O) groups is 1. The van der Waals surface area contributed by atoms with E-state index in [-0.39, 0.29) is 9.77 Å². The molecule has 1 heterocycles. The van der Waals surface area contributed by atoms with Gasteiger partial charge in [0.15, 0.2) is 0 Å². The summed E-state index contributed by atoms with van der Waals surface area (Å²) in [5, 5.41) is 4.75. The van der Waals surface area contributed by atoms with E-state index >= 15 is 0 Å². The monoisotopic (exact) mass is 420 g/mol. The number of nitrogens with one attached hydrogen (secondary N) is 1. The van der Waals surface area contributed by atoms with Crippen molar-refractivity contribution in [3.8, 4) is 0 Å². The highest BCUT2D eigenvalue weighted by molar-refractivity contribution is 7.93. The van der Waals surface area contributed by atoms with Gasteiger partial charge in [0, 0.05) is 17.8 Å². The first-order valence-electron chi connectivity index (χ1n) is 7.99. The predicted octanol–water partition coefficient (Wildman–Crippen LogP) is 4.79. The van der Waals surface area contributed by atoms with E-state index in [1.807, 2.05) is 13.0 Å². The number of amides is 1. The quantitative estimate of drug-likeness (QED) is 0.645. The largest absolute Gasteiger partial charge is 0.321 e. The SMILES string of the molecule is Cc1cccc(N(C)S(=O)(=O)c2ccsc2C(=O)Nc2cccc(Cl)c2)c1. The van der Waals surface area contributed by atoms with Gasteiger partial charge in [0.1, 0.15) is 9.77 Å². The lowest BCUT2D eigenvalue weighted by atomic mass is 10.2. The molecule has 0 aliphatic rings. The molecule has 0 spiro atoms. The van der Waals surface area contributed by atoms with Gasteiger partial charge in [-0.1, -0.05) is 29.8 Å². The van der Waals surface area contributed by atoms with Crippen LogP contribution in [0.15, 0.2) is 64.9 Å². The fraction of sp³-hybridized carbons (Fsp3) is 0.105. The summed E-state index contributed by atoms with van der Waals surface area (Å²) in [7, 11) is -2.41. The van der Waals surface area contributed by atoms with E-state index in [0.29, 0.717) is 16.4 Å². The summed E-state index contributed by atoms with van der Waals surface area (Å²) in [6.45, 7) is 1.89. The average molecular weight is 421 g/mol. The van der Waals surface area contributed by atoms with Gasteiger partial charge < -0.3 is 5.32 Å². The molecule has 0 aliphatic carbocycles. The lowest BCUT2D eigenvalue weighted by Crippen LogP contribution is -2.28. The number of anilines is 2. The molecule has 0 unspecified atom stereocenters. The molecule has 0 atom stereocenters. The molecule has 3 rings (SSSR count). The molecule has 0 bridgehead atoms. The Balaban J connectivity index is 1.92. The van der Waals surface area contributed by atoms with Gasteiger partial charge in [-0.3, -0.25) is 9.10 Å². The smallest absolute Gasteiger partial charge is 0.267 e. The second kappa shape index (κ2) is 7.72. The molecule has 1 amide bonds. The van der Waals surface area contributed by atoms with Crippen molar-refractivity contribution in [3.05, 3.63) is 75.4 Å². The average Bonchev–Trinajstić information content (AvgIpc) is 3.12. The van der Waals surface area contributed by atoms with Crippen molar-refractivity contribution in [2.45, 2.75) is 11.8 Å². The zero-order valence-corrected chi connectivity index (χ0v) is 17.0. The molecule has 2 aromatic carbocycles. The first kappa shape index (κ1) is 19.4. The van der Waals surface area contributed by atoms with E-state index in [2.05, 4.69) is 5.32 Å². The van der Waals surface area contributed by atoms with Crippen LogP contribution in [0.5, 0.6) is 0 Å². The van der Waals surface area contributed by atoms with Crippen molar-refractivity contribution >= 4 is 50.2 Å².